The summed E-state index contributed by atoms with van der Waals surface area (Å²) in [6.45, 7) is 16.3. The third-order valence-electron chi connectivity index (χ3n) is 3.61. The number of aromatic nitrogens is 1. The summed E-state index contributed by atoms with van der Waals surface area (Å²) in [7, 11) is 0. The van der Waals surface area contributed by atoms with Crippen molar-refractivity contribution in [3.05, 3.63) is 17.3 Å². The van der Waals surface area contributed by atoms with Crippen LogP contribution in [0, 0.1) is 13.8 Å². The Morgan fingerprint density at radius 3 is 2.44 bits per heavy atom. The van der Waals surface area contributed by atoms with Crippen LogP contribution in [0.25, 0.3) is 0 Å². The number of aryl methyl sites for hydroxylation is 2. The van der Waals surface area contributed by atoms with Crippen LogP contribution in [0.2, 0.25) is 0 Å². The van der Waals surface area contributed by atoms with Crippen molar-refractivity contribution in [2.75, 3.05) is 26.2 Å². The zero-order valence-electron chi connectivity index (χ0n) is 17.8. The standard InChI is InChI=1S/C19H35N5O3/c1-8-11-24(18(25)27-19(5,6)7)12-10-21-17(20-9-2)22-13-16-23-14(3)15(4)26-16/h8-13H2,1-7H3,(H2,20,21,22). The average Bonchev–Trinajstić information content (AvgIpc) is 2.88. The zero-order chi connectivity index (χ0) is 20.4. The summed E-state index contributed by atoms with van der Waals surface area (Å²) in [4.78, 5) is 22.8. The first-order valence-corrected chi connectivity index (χ1v) is 9.59. The van der Waals surface area contributed by atoms with Gasteiger partial charge < -0.3 is 24.7 Å². The predicted molar refractivity (Wildman–Crippen MR) is 107 cm³/mol. The lowest BCUT2D eigenvalue weighted by Gasteiger charge is -2.27. The number of guanidine groups is 1. The van der Waals surface area contributed by atoms with Crippen molar-refractivity contribution in [2.24, 2.45) is 4.99 Å². The van der Waals surface area contributed by atoms with E-state index in [1.54, 1.807) is 4.90 Å². The van der Waals surface area contributed by atoms with Crippen LogP contribution in [-0.2, 0) is 11.3 Å². The first kappa shape index (κ1) is 22.8. The molecule has 1 rings (SSSR count). The van der Waals surface area contributed by atoms with E-state index in [9.17, 15) is 4.79 Å². The number of ether oxygens (including phenoxy) is 1. The van der Waals surface area contributed by atoms with Crippen molar-refractivity contribution in [1.29, 1.82) is 0 Å². The molecule has 0 aliphatic rings. The average molecular weight is 382 g/mol. The van der Waals surface area contributed by atoms with Crippen LogP contribution in [0.15, 0.2) is 9.41 Å². The van der Waals surface area contributed by atoms with Gasteiger partial charge in [-0.25, -0.2) is 14.8 Å². The number of nitrogens with zero attached hydrogens (tertiary/aromatic N) is 3. The second-order valence-electron chi connectivity index (χ2n) is 7.34. The van der Waals surface area contributed by atoms with Crippen molar-refractivity contribution >= 4 is 12.1 Å². The molecule has 0 saturated heterocycles. The lowest BCUT2D eigenvalue weighted by Crippen LogP contribution is -2.44. The maximum atomic E-state index is 12.3. The van der Waals surface area contributed by atoms with Gasteiger partial charge in [-0.1, -0.05) is 6.92 Å². The molecule has 8 heteroatoms. The molecule has 27 heavy (non-hydrogen) atoms. The first-order valence-electron chi connectivity index (χ1n) is 9.59. The van der Waals surface area contributed by atoms with E-state index >= 15 is 0 Å². The molecule has 1 heterocycles. The Morgan fingerprint density at radius 2 is 1.93 bits per heavy atom. The maximum Gasteiger partial charge on any atom is 0.410 e. The van der Waals surface area contributed by atoms with E-state index in [-0.39, 0.29) is 6.09 Å². The molecule has 0 aliphatic heterocycles. The normalized spacial score (nSPS) is 12.0. The summed E-state index contributed by atoms with van der Waals surface area (Å²) in [5.74, 6) is 2.06. The van der Waals surface area contributed by atoms with E-state index in [0.717, 1.165) is 24.4 Å². The molecule has 2 N–H and O–H groups in total. The topological polar surface area (TPSA) is 92.0 Å². The Morgan fingerprint density at radius 1 is 1.22 bits per heavy atom. The fraction of sp³-hybridized carbons (Fsp3) is 0.737. The van der Waals surface area contributed by atoms with Crippen LogP contribution in [0.4, 0.5) is 4.79 Å². The third kappa shape index (κ3) is 8.79. The molecule has 0 aromatic carbocycles. The van der Waals surface area contributed by atoms with E-state index in [1.165, 1.54) is 0 Å². The van der Waals surface area contributed by atoms with Gasteiger partial charge in [0.1, 0.15) is 17.9 Å². The highest BCUT2D eigenvalue weighted by Gasteiger charge is 2.21. The highest BCUT2D eigenvalue weighted by atomic mass is 16.6. The molecule has 1 aromatic rings. The van der Waals surface area contributed by atoms with Crippen LogP contribution in [0.5, 0.6) is 0 Å². The van der Waals surface area contributed by atoms with Gasteiger partial charge in [-0.2, -0.15) is 0 Å². The van der Waals surface area contributed by atoms with Gasteiger partial charge in [0.05, 0.1) is 5.69 Å². The van der Waals surface area contributed by atoms with Crippen LogP contribution >= 0.6 is 0 Å². The Labute approximate surface area is 162 Å². The Hall–Kier alpha value is -2.25. The Bertz CT molecular complexity index is 600. The third-order valence-corrected chi connectivity index (χ3v) is 3.61. The smallest absolute Gasteiger partial charge is 0.410 e. The number of aliphatic imine (C=N–C) groups is 1. The number of carbonyl (C=O) groups excluding carboxylic acids is 1. The van der Waals surface area contributed by atoms with Gasteiger partial charge in [0.25, 0.3) is 0 Å². The van der Waals surface area contributed by atoms with Gasteiger partial charge in [0.2, 0.25) is 5.89 Å². The maximum absolute atomic E-state index is 12.3. The summed E-state index contributed by atoms with van der Waals surface area (Å²) in [5.41, 5.74) is 0.380. The molecule has 0 radical (unpaired) electrons. The summed E-state index contributed by atoms with van der Waals surface area (Å²) < 4.78 is 11.0. The number of rotatable bonds is 8. The van der Waals surface area contributed by atoms with E-state index in [1.807, 2.05) is 48.5 Å². The minimum Gasteiger partial charge on any atom is -0.444 e. The van der Waals surface area contributed by atoms with Crippen LogP contribution < -0.4 is 10.6 Å². The minimum atomic E-state index is -0.501. The molecule has 0 unspecified atom stereocenters. The summed E-state index contributed by atoms with van der Waals surface area (Å²) >= 11 is 0. The molecule has 0 bridgehead atoms. The number of oxazole rings is 1. The molecule has 1 amide bonds. The van der Waals surface area contributed by atoms with Crippen LogP contribution in [0.1, 0.15) is 58.4 Å². The van der Waals surface area contributed by atoms with Gasteiger partial charge >= 0.3 is 6.09 Å². The largest absolute Gasteiger partial charge is 0.444 e. The number of hydrogen-bond donors (Lipinski definition) is 2. The van der Waals surface area contributed by atoms with Gasteiger partial charge in [-0.15, -0.1) is 0 Å². The fourth-order valence-electron chi connectivity index (χ4n) is 2.30. The van der Waals surface area contributed by atoms with Crippen LogP contribution in [-0.4, -0.2) is 53.7 Å². The molecular weight excluding hydrogens is 346 g/mol. The van der Waals surface area contributed by atoms with Crippen molar-refractivity contribution in [1.82, 2.24) is 20.5 Å². The highest BCUT2D eigenvalue weighted by molar-refractivity contribution is 5.79. The quantitative estimate of drug-likeness (QED) is 0.531. The zero-order valence-corrected chi connectivity index (χ0v) is 17.8. The number of hydrogen-bond acceptors (Lipinski definition) is 5. The lowest BCUT2D eigenvalue weighted by molar-refractivity contribution is 0.0253. The Kier molecular flexibility index (Phi) is 9.11. The SMILES string of the molecule is CCCN(CCNC(=NCc1nc(C)c(C)o1)NCC)C(=O)OC(C)(C)C. The molecule has 154 valence electrons. The highest BCUT2D eigenvalue weighted by Crippen LogP contribution is 2.10. The molecule has 0 spiro atoms. The monoisotopic (exact) mass is 381 g/mol. The molecular formula is C19H35N5O3. The molecule has 0 atom stereocenters. The second-order valence-corrected chi connectivity index (χ2v) is 7.34. The van der Waals surface area contributed by atoms with Crippen molar-refractivity contribution in [2.45, 2.75) is 67.0 Å². The minimum absolute atomic E-state index is 0.293. The van der Waals surface area contributed by atoms with Gasteiger partial charge in [0, 0.05) is 26.2 Å². The van der Waals surface area contributed by atoms with Crippen molar-refractivity contribution in [3.8, 4) is 0 Å². The second kappa shape index (κ2) is 10.8. The van der Waals surface area contributed by atoms with Gasteiger partial charge in [-0.05, 0) is 48.0 Å². The molecule has 1 aromatic heterocycles. The number of carbonyl (C=O) groups is 1. The summed E-state index contributed by atoms with van der Waals surface area (Å²) in [6, 6.07) is 0. The molecule has 8 nitrogen and oxygen atoms in total. The van der Waals surface area contributed by atoms with E-state index in [4.69, 9.17) is 9.15 Å². The number of nitrogens with one attached hydrogen (secondary N) is 2. The lowest BCUT2D eigenvalue weighted by atomic mass is 10.2. The molecule has 0 saturated carbocycles. The molecule has 0 fully saturated rings. The Balaban J connectivity index is 2.60. The van der Waals surface area contributed by atoms with E-state index < -0.39 is 5.60 Å². The van der Waals surface area contributed by atoms with E-state index in [0.29, 0.717) is 38.0 Å². The van der Waals surface area contributed by atoms with Crippen molar-refractivity contribution < 1.29 is 13.9 Å². The first-order chi connectivity index (χ1) is 12.7. The summed E-state index contributed by atoms with van der Waals surface area (Å²) in [6.07, 6.45) is 0.579. The van der Waals surface area contributed by atoms with Crippen LogP contribution in [0.3, 0.4) is 0 Å². The van der Waals surface area contributed by atoms with Gasteiger partial charge in [-0.3, -0.25) is 0 Å². The van der Waals surface area contributed by atoms with E-state index in [2.05, 4.69) is 20.6 Å². The fourth-order valence-corrected chi connectivity index (χ4v) is 2.30. The predicted octanol–water partition coefficient (Wildman–Crippen LogP) is 2.99. The number of amides is 1. The summed E-state index contributed by atoms with van der Waals surface area (Å²) in [5, 5.41) is 6.42. The molecule has 0 aliphatic carbocycles. The van der Waals surface area contributed by atoms with Gasteiger partial charge in [0.15, 0.2) is 5.96 Å². The van der Waals surface area contributed by atoms with Crippen molar-refractivity contribution in [3.63, 3.8) is 0 Å².